The normalized spacial score (nSPS) is 10.9. The van der Waals surface area contributed by atoms with E-state index < -0.39 is 11.9 Å². The molecule has 0 fully saturated rings. The number of hydrogen-bond donors (Lipinski definition) is 0. The van der Waals surface area contributed by atoms with Gasteiger partial charge in [-0.2, -0.15) is 0 Å². The van der Waals surface area contributed by atoms with Crippen molar-refractivity contribution in [3.63, 3.8) is 0 Å². The number of carbonyl (C=O) groups excluding carboxylic acids is 2. The largest absolute Gasteiger partial charge is 0.497 e. The van der Waals surface area contributed by atoms with Crippen LogP contribution in [-0.4, -0.2) is 43.4 Å². The van der Waals surface area contributed by atoms with E-state index in [1.54, 1.807) is 27.0 Å². The zero-order chi connectivity index (χ0) is 24.2. The fourth-order valence-corrected chi connectivity index (χ4v) is 4.21. The van der Waals surface area contributed by atoms with Crippen molar-refractivity contribution in [2.45, 2.75) is 20.8 Å². The van der Waals surface area contributed by atoms with Gasteiger partial charge in [-0.25, -0.2) is 9.59 Å². The lowest BCUT2D eigenvalue weighted by molar-refractivity contribution is -0.145. The lowest BCUT2D eigenvalue weighted by atomic mass is 10.0. The van der Waals surface area contributed by atoms with Gasteiger partial charge in [0.25, 0.3) is 0 Å². The van der Waals surface area contributed by atoms with E-state index in [-0.39, 0.29) is 19.8 Å². The lowest BCUT2D eigenvalue weighted by Crippen LogP contribution is -2.14. The first-order valence-electron chi connectivity index (χ1n) is 11.2. The van der Waals surface area contributed by atoms with E-state index in [4.69, 9.17) is 18.9 Å². The van der Waals surface area contributed by atoms with E-state index in [9.17, 15) is 9.59 Å². The summed E-state index contributed by atoms with van der Waals surface area (Å²) in [5, 5.41) is 2.39. The van der Waals surface area contributed by atoms with Crippen molar-refractivity contribution in [3.8, 4) is 17.2 Å². The van der Waals surface area contributed by atoms with E-state index in [1.807, 2.05) is 60.0 Å². The van der Waals surface area contributed by atoms with Gasteiger partial charge in [0.05, 0.1) is 31.4 Å². The minimum atomic E-state index is -0.454. The maximum Gasteiger partial charge on any atom is 0.344 e. The summed E-state index contributed by atoms with van der Waals surface area (Å²) in [6, 6.07) is 17.2. The van der Waals surface area contributed by atoms with Gasteiger partial charge < -0.3 is 23.5 Å². The highest BCUT2D eigenvalue weighted by molar-refractivity contribution is 6.17. The Kier molecular flexibility index (Phi) is 6.72. The van der Waals surface area contributed by atoms with Gasteiger partial charge in [-0.1, -0.05) is 24.3 Å². The summed E-state index contributed by atoms with van der Waals surface area (Å²) >= 11 is 0. The molecule has 0 N–H and O–H groups in total. The third-order valence-electron chi connectivity index (χ3n) is 5.63. The maximum absolute atomic E-state index is 13.1. The first kappa shape index (κ1) is 23.2. The monoisotopic (exact) mass is 461 g/mol. The molecule has 4 rings (SSSR count). The number of hydrogen-bond acceptors (Lipinski definition) is 6. The van der Waals surface area contributed by atoms with Gasteiger partial charge in [-0.3, -0.25) is 0 Å². The second-order valence-electron chi connectivity index (χ2n) is 7.62. The average Bonchev–Trinajstić information content (AvgIpc) is 3.14. The smallest absolute Gasteiger partial charge is 0.344 e. The number of benzene rings is 3. The molecule has 0 radical (unpaired) electrons. The van der Waals surface area contributed by atoms with Crippen molar-refractivity contribution in [3.05, 3.63) is 65.9 Å². The van der Waals surface area contributed by atoms with Crippen LogP contribution in [0.25, 0.3) is 27.4 Å². The van der Waals surface area contributed by atoms with Gasteiger partial charge in [0, 0.05) is 27.5 Å². The standard InChI is InChI=1S/C27H27NO6/c1-5-32-24(29)16-34-23-15-22-25(27(30)33-6-2)17(3)28(18-11-13-19(31-4)14-12-18)26(22)21-10-8-7-9-20(21)23/h7-15H,5-6,16H2,1-4H3. The molecule has 0 amide bonds. The Bertz CT molecular complexity index is 1350. The second-order valence-corrected chi connectivity index (χ2v) is 7.62. The van der Waals surface area contributed by atoms with Crippen molar-refractivity contribution in [1.29, 1.82) is 0 Å². The fraction of sp³-hybridized carbons (Fsp3) is 0.259. The number of carbonyl (C=O) groups is 2. The Hall–Kier alpha value is -4.00. The molecule has 1 aromatic heterocycles. The second kappa shape index (κ2) is 9.87. The van der Waals surface area contributed by atoms with E-state index in [2.05, 4.69) is 0 Å². The van der Waals surface area contributed by atoms with Gasteiger partial charge in [0.2, 0.25) is 0 Å². The number of methoxy groups -OCH3 is 1. The van der Waals surface area contributed by atoms with Crippen LogP contribution in [0.3, 0.4) is 0 Å². The van der Waals surface area contributed by atoms with Crippen LogP contribution in [0.15, 0.2) is 54.6 Å². The lowest BCUT2D eigenvalue weighted by Gasteiger charge is -2.13. The van der Waals surface area contributed by atoms with Crippen molar-refractivity contribution >= 4 is 33.6 Å². The number of fused-ring (bicyclic) bond motifs is 3. The van der Waals surface area contributed by atoms with Gasteiger partial charge in [-0.05, 0) is 51.1 Å². The van der Waals surface area contributed by atoms with Gasteiger partial charge >= 0.3 is 11.9 Å². The number of esters is 2. The van der Waals surface area contributed by atoms with Crippen LogP contribution in [-0.2, 0) is 14.3 Å². The molecule has 0 aliphatic carbocycles. The molecule has 0 aliphatic heterocycles. The number of rotatable bonds is 8. The predicted octanol–water partition coefficient (Wildman–Crippen LogP) is 5.22. The zero-order valence-electron chi connectivity index (χ0n) is 19.7. The van der Waals surface area contributed by atoms with Crippen molar-refractivity contribution < 1.29 is 28.5 Å². The van der Waals surface area contributed by atoms with Crippen LogP contribution in [0.5, 0.6) is 11.5 Å². The molecule has 0 atom stereocenters. The molecule has 1 heterocycles. The molecule has 0 spiro atoms. The molecule has 0 unspecified atom stereocenters. The van der Waals surface area contributed by atoms with Gasteiger partial charge in [0.15, 0.2) is 6.61 Å². The average molecular weight is 462 g/mol. The molecule has 7 heteroatoms. The SMILES string of the molecule is CCOC(=O)COc1cc2c(C(=O)OCC)c(C)n(-c3ccc(OC)cc3)c2c2ccccc12. The zero-order valence-corrected chi connectivity index (χ0v) is 19.7. The maximum atomic E-state index is 13.1. The summed E-state index contributed by atoms with van der Waals surface area (Å²) < 4.78 is 23.6. The quantitative estimate of drug-likeness (QED) is 0.335. The molecule has 0 aliphatic rings. The number of ether oxygens (including phenoxy) is 4. The van der Waals surface area contributed by atoms with Crippen LogP contribution in [0, 0.1) is 6.92 Å². The molecular weight excluding hydrogens is 434 g/mol. The van der Waals surface area contributed by atoms with Crippen LogP contribution < -0.4 is 9.47 Å². The Morgan fingerprint density at radius 2 is 1.56 bits per heavy atom. The molecule has 176 valence electrons. The van der Waals surface area contributed by atoms with Crippen LogP contribution >= 0.6 is 0 Å². The molecule has 0 saturated carbocycles. The summed E-state index contributed by atoms with van der Waals surface area (Å²) in [5.41, 5.74) is 2.93. The first-order chi connectivity index (χ1) is 16.5. The Morgan fingerprint density at radius 3 is 2.21 bits per heavy atom. The number of aromatic nitrogens is 1. The van der Waals surface area contributed by atoms with E-state index in [1.165, 1.54) is 0 Å². The highest BCUT2D eigenvalue weighted by atomic mass is 16.6. The Labute approximate surface area is 197 Å². The number of nitrogens with zero attached hydrogens (tertiary/aromatic N) is 1. The summed E-state index contributed by atoms with van der Waals surface area (Å²) in [6.45, 7) is 5.72. The third-order valence-corrected chi connectivity index (χ3v) is 5.63. The highest BCUT2D eigenvalue weighted by Crippen LogP contribution is 2.40. The van der Waals surface area contributed by atoms with Crippen LogP contribution in [0.1, 0.15) is 29.9 Å². The fourth-order valence-electron chi connectivity index (χ4n) is 4.21. The van der Waals surface area contributed by atoms with Crippen LogP contribution in [0.4, 0.5) is 0 Å². The first-order valence-corrected chi connectivity index (χ1v) is 11.2. The molecular formula is C27H27NO6. The summed E-state index contributed by atoms with van der Waals surface area (Å²) in [5.74, 6) is 0.365. The minimum Gasteiger partial charge on any atom is -0.497 e. The van der Waals surface area contributed by atoms with Crippen molar-refractivity contribution in [2.24, 2.45) is 0 Å². The van der Waals surface area contributed by atoms with E-state index in [0.29, 0.717) is 16.7 Å². The summed E-state index contributed by atoms with van der Waals surface area (Å²) in [6.07, 6.45) is 0. The molecule has 7 nitrogen and oxygen atoms in total. The van der Waals surface area contributed by atoms with E-state index >= 15 is 0 Å². The molecule has 0 bridgehead atoms. The highest BCUT2D eigenvalue weighted by Gasteiger charge is 2.25. The molecule has 0 saturated heterocycles. The van der Waals surface area contributed by atoms with Crippen LogP contribution in [0.2, 0.25) is 0 Å². The Morgan fingerprint density at radius 1 is 0.882 bits per heavy atom. The van der Waals surface area contributed by atoms with Crippen molar-refractivity contribution in [1.82, 2.24) is 4.57 Å². The van der Waals surface area contributed by atoms with Crippen molar-refractivity contribution in [2.75, 3.05) is 26.9 Å². The molecule has 3 aromatic carbocycles. The summed E-state index contributed by atoms with van der Waals surface area (Å²) in [7, 11) is 1.62. The van der Waals surface area contributed by atoms with Gasteiger partial charge in [-0.15, -0.1) is 0 Å². The third kappa shape index (κ3) is 4.17. The topological polar surface area (TPSA) is 76.0 Å². The Balaban J connectivity index is 2.01. The molecule has 34 heavy (non-hydrogen) atoms. The summed E-state index contributed by atoms with van der Waals surface area (Å²) in [4.78, 5) is 25.0. The molecule has 4 aromatic rings. The minimum absolute atomic E-state index is 0.226. The van der Waals surface area contributed by atoms with E-state index in [0.717, 1.165) is 33.4 Å². The van der Waals surface area contributed by atoms with Gasteiger partial charge in [0.1, 0.15) is 11.5 Å². The predicted molar refractivity (Wildman–Crippen MR) is 130 cm³/mol.